The molecule has 1 unspecified atom stereocenters. The third-order valence-corrected chi connectivity index (χ3v) is 9.34. The highest BCUT2D eigenvalue weighted by molar-refractivity contribution is 6.30. The number of carbonyl (C=O) groups excluding carboxylic acids is 1. The molecule has 3 heterocycles. The molecule has 3 aliphatic rings. The van der Waals surface area contributed by atoms with Gasteiger partial charge in [0.15, 0.2) is 0 Å². The molecule has 1 saturated carbocycles. The average Bonchev–Trinajstić information content (AvgIpc) is 3.66. The van der Waals surface area contributed by atoms with E-state index in [1.165, 1.54) is 12.8 Å². The van der Waals surface area contributed by atoms with Gasteiger partial charge in [-0.1, -0.05) is 23.7 Å². The molecule has 2 fully saturated rings. The smallest absolute Gasteiger partial charge is 0.247 e. The van der Waals surface area contributed by atoms with E-state index in [1.54, 1.807) is 0 Å². The number of aromatic nitrogens is 2. The number of carbonyl (C=O) groups is 1. The van der Waals surface area contributed by atoms with Crippen LogP contribution in [0.15, 0.2) is 60.7 Å². The minimum Gasteiger partial charge on any atom is -0.382 e. The maximum Gasteiger partial charge on any atom is 0.247 e. The van der Waals surface area contributed by atoms with E-state index in [0.717, 1.165) is 57.9 Å². The van der Waals surface area contributed by atoms with Crippen molar-refractivity contribution in [2.24, 2.45) is 5.73 Å². The number of nitrogens with zero attached hydrogens (tertiary/aromatic N) is 3. The molecule has 0 spiro atoms. The second-order valence-corrected chi connectivity index (χ2v) is 14.1. The maximum absolute atomic E-state index is 13.9. The molecule has 218 valence electrons. The van der Waals surface area contributed by atoms with Crippen molar-refractivity contribution in [3.63, 3.8) is 0 Å². The number of imidazole rings is 1. The second-order valence-electron chi connectivity index (χ2n) is 13.6. The second kappa shape index (κ2) is 9.75. The summed E-state index contributed by atoms with van der Waals surface area (Å²) in [6.07, 6.45) is 4.73. The molecule has 7 nitrogen and oxygen atoms in total. The van der Waals surface area contributed by atoms with Crippen molar-refractivity contribution in [1.82, 2.24) is 9.55 Å². The Kier molecular flexibility index (Phi) is 6.33. The van der Waals surface area contributed by atoms with Gasteiger partial charge in [0, 0.05) is 51.5 Å². The molecular weight excluding hydrogens is 544 g/mol. The highest BCUT2D eigenvalue weighted by atomic mass is 35.5. The summed E-state index contributed by atoms with van der Waals surface area (Å²) in [7, 11) is 0. The van der Waals surface area contributed by atoms with Crippen LogP contribution in [-0.2, 0) is 11.2 Å². The van der Waals surface area contributed by atoms with Crippen molar-refractivity contribution < 1.29 is 4.79 Å². The number of benzene rings is 3. The maximum atomic E-state index is 13.9. The van der Waals surface area contributed by atoms with E-state index >= 15 is 0 Å². The topological polar surface area (TPSA) is 88.2 Å². The SMILES string of the molecule is CC1(C)CC(N)CC(C)(C)N1c1ccc2c(c1)nc1n2C(Cc2ccc(Cl)cc2)C(=O)Nc2ccc(NC3CC3)cc2-1. The summed E-state index contributed by atoms with van der Waals surface area (Å²) >= 11 is 6.18. The van der Waals surface area contributed by atoms with Gasteiger partial charge in [0.2, 0.25) is 5.91 Å². The summed E-state index contributed by atoms with van der Waals surface area (Å²) in [6.45, 7) is 9.10. The van der Waals surface area contributed by atoms with E-state index < -0.39 is 6.04 Å². The van der Waals surface area contributed by atoms with E-state index in [0.29, 0.717) is 17.5 Å². The quantitative estimate of drug-likeness (QED) is 0.232. The van der Waals surface area contributed by atoms with Crippen LogP contribution in [0.25, 0.3) is 22.4 Å². The Hall–Kier alpha value is -3.55. The molecule has 0 radical (unpaired) electrons. The lowest BCUT2D eigenvalue weighted by atomic mass is 9.77. The lowest BCUT2D eigenvalue weighted by Gasteiger charge is -2.56. The fraction of sp³-hybridized carbons (Fsp3) is 0.412. The summed E-state index contributed by atoms with van der Waals surface area (Å²) in [4.78, 5) is 21.7. The zero-order valence-electron chi connectivity index (χ0n) is 24.7. The van der Waals surface area contributed by atoms with Gasteiger partial charge >= 0.3 is 0 Å². The predicted octanol–water partition coefficient (Wildman–Crippen LogP) is 7.15. The third kappa shape index (κ3) is 4.82. The number of nitrogens with one attached hydrogen (secondary N) is 2. The summed E-state index contributed by atoms with van der Waals surface area (Å²) in [5, 5.41) is 7.50. The average molecular weight is 583 g/mol. The van der Waals surface area contributed by atoms with E-state index in [1.807, 2.05) is 36.4 Å². The molecule has 1 saturated heterocycles. The Morgan fingerprint density at radius 3 is 2.40 bits per heavy atom. The Balaban J connectivity index is 1.39. The molecule has 8 heteroatoms. The van der Waals surface area contributed by atoms with Gasteiger partial charge in [0.05, 0.1) is 16.7 Å². The number of hydrogen-bond acceptors (Lipinski definition) is 5. The van der Waals surface area contributed by atoms with Crippen LogP contribution in [0.3, 0.4) is 0 Å². The van der Waals surface area contributed by atoms with Crippen LogP contribution in [0, 0.1) is 0 Å². The number of rotatable bonds is 5. The molecular formula is C34H39ClN6O. The van der Waals surface area contributed by atoms with Crippen LogP contribution in [0.4, 0.5) is 17.1 Å². The Bertz CT molecular complexity index is 1670. The fourth-order valence-electron chi connectivity index (χ4n) is 7.54. The Morgan fingerprint density at radius 1 is 1.00 bits per heavy atom. The minimum atomic E-state index is -0.481. The number of amides is 1. The molecule has 7 rings (SSSR count). The Labute approximate surface area is 252 Å². The molecule has 1 aromatic heterocycles. The number of hydrogen-bond donors (Lipinski definition) is 3. The number of piperidine rings is 1. The molecule has 4 N–H and O–H groups in total. The van der Waals surface area contributed by atoms with E-state index in [-0.39, 0.29) is 23.0 Å². The van der Waals surface area contributed by atoms with Crippen LogP contribution >= 0.6 is 11.6 Å². The molecule has 1 aliphatic carbocycles. The number of halogens is 1. The van der Waals surface area contributed by atoms with Crippen molar-refractivity contribution in [2.45, 2.75) is 89.0 Å². The van der Waals surface area contributed by atoms with E-state index in [4.69, 9.17) is 22.3 Å². The summed E-state index contributed by atoms with van der Waals surface area (Å²) in [5.74, 6) is 0.747. The standard InChI is InChI=1S/C34H39ClN6O/c1-33(2)18-22(36)19-34(3,4)41(33)25-12-14-29-28(17-25)38-31-26-16-24(37-23-9-10-23)11-13-27(26)39-32(42)30(40(29)31)15-20-5-7-21(35)8-6-20/h5-8,11-14,16-17,22-23,30,37H,9-10,15,18-19,36H2,1-4H3,(H,39,42). The number of fused-ring (bicyclic) bond motifs is 5. The van der Waals surface area contributed by atoms with Gasteiger partial charge in [-0.2, -0.15) is 0 Å². The lowest BCUT2D eigenvalue weighted by molar-refractivity contribution is -0.119. The van der Waals surface area contributed by atoms with Crippen molar-refractivity contribution in [2.75, 3.05) is 15.5 Å². The first-order valence-electron chi connectivity index (χ1n) is 15.0. The zero-order chi connectivity index (χ0) is 29.4. The van der Waals surface area contributed by atoms with Crippen molar-refractivity contribution in [3.8, 4) is 11.4 Å². The van der Waals surface area contributed by atoms with Crippen molar-refractivity contribution in [1.29, 1.82) is 0 Å². The highest BCUT2D eigenvalue weighted by Gasteiger charge is 2.44. The third-order valence-electron chi connectivity index (χ3n) is 9.09. The first-order valence-corrected chi connectivity index (χ1v) is 15.4. The van der Waals surface area contributed by atoms with Gasteiger partial charge in [0.25, 0.3) is 0 Å². The molecule has 2 aliphatic heterocycles. The molecule has 3 aromatic carbocycles. The first-order chi connectivity index (χ1) is 20.0. The van der Waals surface area contributed by atoms with Gasteiger partial charge in [-0.15, -0.1) is 0 Å². The van der Waals surface area contributed by atoms with Crippen LogP contribution < -0.4 is 21.3 Å². The summed E-state index contributed by atoms with van der Waals surface area (Å²) in [6, 6.07) is 20.7. The number of nitrogens with two attached hydrogens (primary N) is 1. The van der Waals surface area contributed by atoms with Crippen molar-refractivity contribution in [3.05, 3.63) is 71.2 Å². The van der Waals surface area contributed by atoms with Gasteiger partial charge in [-0.25, -0.2) is 4.98 Å². The predicted molar refractivity (Wildman–Crippen MR) is 172 cm³/mol. The van der Waals surface area contributed by atoms with Crippen molar-refractivity contribution >= 4 is 45.6 Å². The molecule has 0 bridgehead atoms. The van der Waals surface area contributed by atoms with Gasteiger partial charge < -0.3 is 25.8 Å². The largest absolute Gasteiger partial charge is 0.382 e. The van der Waals surface area contributed by atoms with Gasteiger partial charge in [-0.05, 0) is 107 Å². The minimum absolute atomic E-state index is 0.0523. The lowest BCUT2D eigenvalue weighted by Crippen LogP contribution is -2.63. The molecule has 4 aromatic rings. The normalized spacial score (nSPS) is 21.4. The van der Waals surface area contributed by atoms with E-state index in [9.17, 15) is 4.79 Å². The fourth-order valence-corrected chi connectivity index (χ4v) is 7.67. The monoisotopic (exact) mass is 582 g/mol. The summed E-state index contributed by atoms with van der Waals surface area (Å²) < 4.78 is 2.14. The molecule has 1 amide bonds. The van der Waals surface area contributed by atoms with Crippen LogP contribution in [0.2, 0.25) is 5.02 Å². The first kappa shape index (κ1) is 27.3. The van der Waals surface area contributed by atoms with Crippen LogP contribution in [-0.4, -0.2) is 38.6 Å². The van der Waals surface area contributed by atoms with Gasteiger partial charge in [0.1, 0.15) is 11.9 Å². The Morgan fingerprint density at radius 2 is 1.71 bits per heavy atom. The molecule has 1 atom stereocenters. The molecule has 42 heavy (non-hydrogen) atoms. The highest BCUT2D eigenvalue weighted by Crippen LogP contribution is 2.44. The van der Waals surface area contributed by atoms with E-state index in [2.05, 4.69) is 72.1 Å². The summed E-state index contributed by atoms with van der Waals surface area (Å²) in [5.41, 5.74) is 13.0. The zero-order valence-corrected chi connectivity index (χ0v) is 25.5. The van der Waals surface area contributed by atoms with Crippen LogP contribution in [0.5, 0.6) is 0 Å². The van der Waals surface area contributed by atoms with Gasteiger partial charge in [-0.3, -0.25) is 4.79 Å². The number of anilines is 3. The van der Waals surface area contributed by atoms with Crippen LogP contribution in [0.1, 0.15) is 65.0 Å².